The van der Waals surface area contributed by atoms with Crippen LogP contribution in [-0.2, 0) is 24.3 Å². The molecule has 9 nitrogen and oxygen atoms in total. The Hall–Kier alpha value is -2.79. The zero-order chi connectivity index (χ0) is 20.3. The summed E-state index contributed by atoms with van der Waals surface area (Å²) in [6.07, 6.45) is 0.633. The van der Waals surface area contributed by atoms with Gasteiger partial charge in [-0.15, -0.1) is 0 Å². The molecule has 0 spiro atoms. The van der Waals surface area contributed by atoms with Crippen molar-refractivity contribution in [2.24, 2.45) is 0 Å². The molecule has 2 aromatic rings. The van der Waals surface area contributed by atoms with Crippen molar-refractivity contribution in [1.29, 1.82) is 0 Å². The van der Waals surface area contributed by atoms with Crippen molar-refractivity contribution in [3.05, 3.63) is 41.9 Å². The number of carbonyl (C=O) groups is 2. The fourth-order valence-corrected chi connectivity index (χ4v) is 4.59. The van der Waals surface area contributed by atoms with Gasteiger partial charge in [0.05, 0.1) is 0 Å². The number of aryl methyl sites for hydroxylation is 1. The van der Waals surface area contributed by atoms with E-state index in [0.717, 1.165) is 16.4 Å². The average Bonchev–Trinajstić information content (AvgIpc) is 3.29. The van der Waals surface area contributed by atoms with E-state index in [1.54, 1.807) is 6.92 Å². The number of sulfonamides is 1. The van der Waals surface area contributed by atoms with Gasteiger partial charge >= 0.3 is 5.97 Å². The first-order valence-corrected chi connectivity index (χ1v) is 9.89. The first-order valence-electron chi connectivity index (χ1n) is 8.45. The van der Waals surface area contributed by atoms with Gasteiger partial charge in [-0.05, 0) is 31.9 Å². The van der Waals surface area contributed by atoms with Gasteiger partial charge in [-0.25, -0.2) is 12.8 Å². The van der Waals surface area contributed by atoms with Gasteiger partial charge in [0.15, 0.2) is 12.4 Å². The van der Waals surface area contributed by atoms with E-state index in [0.29, 0.717) is 12.2 Å². The number of benzene rings is 1. The molecule has 1 aromatic heterocycles. The number of aromatic nitrogens is 1. The highest BCUT2D eigenvalue weighted by Gasteiger charge is 2.41. The van der Waals surface area contributed by atoms with Gasteiger partial charge < -0.3 is 14.6 Å². The Kier molecular flexibility index (Phi) is 5.75. The normalized spacial score (nSPS) is 17.4. The number of hydrogen-bond acceptors (Lipinski definition) is 7. The van der Waals surface area contributed by atoms with Crippen LogP contribution in [0, 0.1) is 12.7 Å². The smallest absolute Gasteiger partial charge is 0.324 e. The maximum absolute atomic E-state index is 13.9. The zero-order valence-corrected chi connectivity index (χ0v) is 15.7. The first kappa shape index (κ1) is 20.0. The summed E-state index contributed by atoms with van der Waals surface area (Å²) in [4.78, 5) is 23.7. The summed E-state index contributed by atoms with van der Waals surface area (Å²) in [7, 11) is -4.21. The van der Waals surface area contributed by atoms with Crippen LogP contribution >= 0.6 is 0 Å². The summed E-state index contributed by atoms with van der Waals surface area (Å²) < 4.78 is 50.1. The molecular formula is C17H18FN3O6S. The Morgan fingerprint density at radius 3 is 2.82 bits per heavy atom. The summed E-state index contributed by atoms with van der Waals surface area (Å²) in [5.41, 5.74) is 0. The molecule has 0 aliphatic carbocycles. The van der Waals surface area contributed by atoms with Crippen molar-refractivity contribution in [2.75, 3.05) is 18.5 Å². The lowest BCUT2D eigenvalue weighted by molar-refractivity contribution is -0.150. The minimum absolute atomic E-state index is 0.0564. The molecular weight excluding hydrogens is 393 g/mol. The average molecular weight is 411 g/mol. The van der Waals surface area contributed by atoms with Crippen molar-refractivity contribution < 1.29 is 31.7 Å². The van der Waals surface area contributed by atoms with Gasteiger partial charge in [-0.2, -0.15) is 4.31 Å². The molecule has 11 heteroatoms. The number of halogens is 1. The third kappa shape index (κ3) is 4.20. The summed E-state index contributed by atoms with van der Waals surface area (Å²) in [5.74, 6) is -1.76. The van der Waals surface area contributed by atoms with Gasteiger partial charge in [0, 0.05) is 12.6 Å². The number of anilines is 1. The van der Waals surface area contributed by atoms with Crippen LogP contribution in [-0.4, -0.2) is 48.9 Å². The Bertz CT molecular complexity index is 990. The van der Waals surface area contributed by atoms with Gasteiger partial charge in [-0.1, -0.05) is 17.3 Å². The number of ether oxygens (including phenoxy) is 1. The Balaban J connectivity index is 1.64. The van der Waals surface area contributed by atoms with E-state index >= 15 is 0 Å². The second-order valence-electron chi connectivity index (χ2n) is 6.18. The molecule has 3 rings (SSSR count). The van der Waals surface area contributed by atoms with Crippen LogP contribution in [0.5, 0.6) is 0 Å². The lowest BCUT2D eigenvalue weighted by Crippen LogP contribution is -2.42. The Labute approximate surface area is 160 Å². The van der Waals surface area contributed by atoms with Crippen LogP contribution in [0.4, 0.5) is 10.2 Å². The van der Waals surface area contributed by atoms with Crippen molar-refractivity contribution in [2.45, 2.75) is 30.7 Å². The lowest BCUT2D eigenvalue weighted by Gasteiger charge is -2.22. The monoisotopic (exact) mass is 411 g/mol. The predicted molar refractivity (Wildman–Crippen MR) is 94.1 cm³/mol. The number of hydrogen-bond donors (Lipinski definition) is 1. The summed E-state index contributed by atoms with van der Waals surface area (Å²) in [6, 6.07) is 5.31. The zero-order valence-electron chi connectivity index (χ0n) is 14.9. The molecule has 2 heterocycles. The van der Waals surface area contributed by atoms with Crippen LogP contribution in [0.1, 0.15) is 18.6 Å². The maximum atomic E-state index is 13.9. The molecule has 1 unspecified atom stereocenters. The highest BCUT2D eigenvalue weighted by Crippen LogP contribution is 2.28. The minimum Gasteiger partial charge on any atom is -0.454 e. The van der Waals surface area contributed by atoms with Gasteiger partial charge in [0.2, 0.25) is 10.0 Å². The summed E-state index contributed by atoms with van der Waals surface area (Å²) >= 11 is 0. The number of esters is 1. The summed E-state index contributed by atoms with van der Waals surface area (Å²) in [5, 5.41) is 5.96. The first-order chi connectivity index (χ1) is 13.3. The van der Waals surface area contributed by atoms with Crippen LogP contribution in [0.2, 0.25) is 0 Å². The molecule has 1 fully saturated rings. The van der Waals surface area contributed by atoms with E-state index in [9.17, 15) is 22.4 Å². The molecule has 28 heavy (non-hydrogen) atoms. The third-order valence-electron chi connectivity index (χ3n) is 4.14. The lowest BCUT2D eigenvalue weighted by atomic mass is 10.2. The second-order valence-corrected chi connectivity index (χ2v) is 8.04. The molecule has 1 amide bonds. The highest BCUT2D eigenvalue weighted by atomic mass is 32.2. The van der Waals surface area contributed by atoms with E-state index in [1.807, 2.05) is 0 Å². The minimum atomic E-state index is -4.21. The number of rotatable bonds is 6. The van der Waals surface area contributed by atoms with E-state index in [2.05, 4.69) is 10.5 Å². The maximum Gasteiger partial charge on any atom is 0.324 e. The highest BCUT2D eigenvalue weighted by molar-refractivity contribution is 7.89. The molecule has 1 aliphatic heterocycles. The van der Waals surface area contributed by atoms with Crippen molar-refractivity contribution in [1.82, 2.24) is 9.46 Å². The molecule has 1 saturated heterocycles. The quantitative estimate of drug-likeness (QED) is 0.715. The number of nitrogens with zero attached hydrogens (tertiary/aromatic N) is 2. The standard InChI is InChI=1S/C17H18FN3O6S/c1-11-9-15(20-27-11)19-16(22)10-26-17(23)13-6-4-8-21(13)28(24,25)14-7-3-2-5-12(14)18/h2-3,5,7,9,13H,4,6,8,10H2,1H3,(H,19,20,22). The number of carbonyl (C=O) groups excluding carboxylic acids is 2. The SMILES string of the molecule is Cc1cc(NC(=O)COC(=O)C2CCCN2S(=O)(=O)c2ccccc2F)no1. The fourth-order valence-electron chi connectivity index (χ4n) is 2.88. The van der Waals surface area contributed by atoms with E-state index in [1.165, 1.54) is 18.2 Å². The Morgan fingerprint density at radius 2 is 2.14 bits per heavy atom. The van der Waals surface area contributed by atoms with Crippen molar-refractivity contribution in [3.63, 3.8) is 0 Å². The van der Waals surface area contributed by atoms with Gasteiger partial charge in [0.1, 0.15) is 22.5 Å². The molecule has 0 bridgehead atoms. The Morgan fingerprint density at radius 1 is 1.39 bits per heavy atom. The molecule has 150 valence electrons. The fraction of sp³-hybridized carbons (Fsp3) is 0.353. The molecule has 1 atom stereocenters. The van der Waals surface area contributed by atoms with E-state index in [4.69, 9.17) is 9.26 Å². The molecule has 1 N–H and O–H groups in total. The van der Waals surface area contributed by atoms with Crippen LogP contribution in [0.15, 0.2) is 39.8 Å². The molecule has 1 aromatic carbocycles. The second kappa shape index (κ2) is 8.07. The van der Waals surface area contributed by atoms with Crippen LogP contribution in [0.25, 0.3) is 0 Å². The summed E-state index contributed by atoms with van der Waals surface area (Å²) in [6.45, 7) is 1.09. The van der Waals surface area contributed by atoms with Gasteiger partial charge in [-0.3, -0.25) is 9.59 Å². The third-order valence-corrected chi connectivity index (χ3v) is 6.08. The number of nitrogens with one attached hydrogen (secondary N) is 1. The van der Waals surface area contributed by atoms with Gasteiger partial charge in [0.25, 0.3) is 5.91 Å². The molecule has 0 radical (unpaired) electrons. The topological polar surface area (TPSA) is 119 Å². The molecule has 0 saturated carbocycles. The number of amides is 1. The van der Waals surface area contributed by atoms with Crippen LogP contribution < -0.4 is 5.32 Å². The largest absolute Gasteiger partial charge is 0.454 e. The van der Waals surface area contributed by atoms with E-state index < -0.39 is 45.3 Å². The van der Waals surface area contributed by atoms with E-state index in [-0.39, 0.29) is 18.8 Å². The van der Waals surface area contributed by atoms with Crippen molar-refractivity contribution >= 4 is 27.7 Å². The predicted octanol–water partition coefficient (Wildman–Crippen LogP) is 1.46. The van der Waals surface area contributed by atoms with Crippen LogP contribution in [0.3, 0.4) is 0 Å². The molecule has 1 aliphatic rings. The van der Waals surface area contributed by atoms with Crippen molar-refractivity contribution in [3.8, 4) is 0 Å².